The topological polar surface area (TPSA) is 60.9 Å². The number of hydrogen-bond acceptors (Lipinski definition) is 2. The molecule has 1 N–H and O–H groups in total. The number of carboxylic acids is 1. The Morgan fingerprint density at radius 1 is 1.19 bits per heavy atom. The molecule has 0 aliphatic rings. The van der Waals surface area contributed by atoms with E-state index >= 15 is 0 Å². The first kappa shape index (κ1) is 17.3. The molecule has 0 fully saturated rings. The monoisotopic (exact) mass is 312 g/mol. The van der Waals surface area contributed by atoms with Gasteiger partial charge in [-0.3, -0.25) is 4.79 Å². The number of benzene rings is 1. The third-order valence-corrected chi connectivity index (χ3v) is 3.66. The zero-order valence-corrected chi connectivity index (χ0v) is 13.5. The molecule has 1 rings (SSSR count). The predicted molar refractivity (Wildman–Crippen MR) is 82.5 cm³/mol. The Morgan fingerprint density at radius 2 is 1.71 bits per heavy atom. The van der Waals surface area contributed by atoms with Gasteiger partial charge in [-0.25, -0.2) is 4.79 Å². The van der Waals surface area contributed by atoms with Gasteiger partial charge >= 0.3 is 12.0 Å². The van der Waals surface area contributed by atoms with Crippen LogP contribution in [-0.4, -0.2) is 46.5 Å². The molecule has 21 heavy (non-hydrogen) atoms. The van der Waals surface area contributed by atoms with Crippen LogP contribution in [0.4, 0.5) is 4.79 Å². The van der Waals surface area contributed by atoms with Crippen molar-refractivity contribution in [3.8, 4) is 0 Å². The molecular weight excluding hydrogens is 292 g/mol. The van der Waals surface area contributed by atoms with Crippen LogP contribution in [0.5, 0.6) is 0 Å². The summed E-state index contributed by atoms with van der Waals surface area (Å²) in [7, 11) is 1.67. The first-order valence-electron chi connectivity index (χ1n) is 6.74. The van der Waals surface area contributed by atoms with E-state index in [0.29, 0.717) is 5.02 Å². The highest BCUT2D eigenvalue weighted by Gasteiger charge is 2.26. The highest BCUT2D eigenvalue weighted by atomic mass is 35.5. The molecule has 0 aliphatic heterocycles. The van der Waals surface area contributed by atoms with Gasteiger partial charge in [0, 0.05) is 18.1 Å². The molecular formula is C15H21ClN2O3. The number of nitrogens with zero attached hydrogens (tertiary/aromatic N) is 2. The van der Waals surface area contributed by atoms with Crippen molar-refractivity contribution in [2.24, 2.45) is 0 Å². The number of halogens is 1. The van der Waals surface area contributed by atoms with E-state index in [1.54, 1.807) is 33.0 Å². The quantitative estimate of drug-likeness (QED) is 0.908. The molecule has 5 nitrogen and oxygen atoms in total. The molecule has 0 aromatic heterocycles. The van der Waals surface area contributed by atoms with E-state index in [-0.39, 0.29) is 24.7 Å². The number of amides is 2. The molecule has 1 aromatic rings. The molecule has 2 amide bonds. The summed E-state index contributed by atoms with van der Waals surface area (Å²) in [6.45, 7) is 5.16. The molecule has 0 radical (unpaired) electrons. The SMILES string of the molecule is CC(c1ccc(Cl)cc1)N(C)C(=O)N(CC(=O)O)C(C)C. The van der Waals surface area contributed by atoms with E-state index in [0.717, 1.165) is 5.56 Å². The van der Waals surface area contributed by atoms with Crippen LogP contribution < -0.4 is 0 Å². The largest absolute Gasteiger partial charge is 0.480 e. The standard InChI is InChI=1S/C15H21ClN2O3/c1-10(2)18(9-14(19)20)15(21)17(4)11(3)12-5-7-13(16)8-6-12/h5-8,10-11H,9H2,1-4H3,(H,19,20). The summed E-state index contributed by atoms with van der Waals surface area (Å²) in [5.41, 5.74) is 0.939. The Labute approximate surface area is 130 Å². The Kier molecular flexibility index (Phi) is 6.03. The second kappa shape index (κ2) is 7.31. The fourth-order valence-electron chi connectivity index (χ4n) is 1.95. The molecule has 0 saturated heterocycles. The fourth-order valence-corrected chi connectivity index (χ4v) is 2.08. The average molecular weight is 313 g/mol. The lowest BCUT2D eigenvalue weighted by Gasteiger charge is -2.33. The first-order chi connectivity index (χ1) is 9.73. The van der Waals surface area contributed by atoms with Crippen molar-refractivity contribution in [3.05, 3.63) is 34.9 Å². The van der Waals surface area contributed by atoms with Gasteiger partial charge in [-0.1, -0.05) is 23.7 Å². The minimum Gasteiger partial charge on any atom is -0.480 e. The van der Waals surface area contributed by atoms with Crippen LogP contribution in [0.2, 0.25) is 5.02 Å². The van der Waals surface area contributed by atoms with Gasteiger partial charge in [0.2, 0.25) is 0 Å². The van der Waals surface area contributed by atoms with Crippen LogP contribution in [0.3, 0.4) is 0 Å². The van der Waals surface area contributed by atoms with Crippen molar-refractivity contribution in [2.75, 3.05) is 13.6 Å². The minimum absolute atomic E-state index is 0.176. The molecule has 0 bridgehead atoms. The van der Waals surface area contributed by atoms with Crippen molar-refractivity contribution in [3.63, 3.8) is 0 Å². The number of carboxylic acid groups (broad SMARTS) is 1. The zero-order valence-electron chi connectivity index (χ0n) is 12.7. The van der Waals surface area contributed by atoms with Gasteiger partial charge in [0.05, 0.1) is 6.04 Å². The summed E-state index contributed by atoms with van der Waals surface area (Å²) < 4.78 is 0. The second-order valence-corrected chi connectivity index (χ2v) is 5.67. The summed E-state index contributed by atoms with van der Waals surface area (Å²) in [4.78, 5) is 26.2. The van der Waals surface area contributed by atoms with E-state index in [1.807, 2.05) is 19.1 Å². The summed E-state index contributed by atoms with van der Waals surface area (Å²) in [6.07, 6.45) is 0. The van der Waals surface area contributed by atoms with Gasteiger partial charge in [-0.2, -0.15) is 0 Å². The summed E-state index contributed by atoms with van der Waals surface area (Å²) >= 11 is 5.85. The average Bonchev–Trinajstić information content (AvgIpc) is 2.42. The lowest BCUT2D eigenvalue weighted by Crippen LogP contribution is -2.47. The van der Waals surface area contributed by atoms with Crippen molar-refractivity contribution in [2.45, 2.75) is 32.9 Å². The third kappa shape index (κ3) is 4.63. The maximum atomic E-state index is 12.5. The van der Waals surface area contributed by atoms with Crippen molar-refractivity contribution in [1.29, 1.82) is 0 Å². The number of hydrogen-bond donors (Lipinski definition) is 1. The van der Waals surface area contributed by atoms with Gasteiger partial charge in [-0.15, -0.1) is 0 Å². The first-order valence-corrected chi connectivity index (χ1v) is 7.12. The number of rotatable bonds is 5. The Balaban J connectivity index is 2.88. The second-order valence-electron chi connectivity index (χ2n) is 5.24. The Hall–Kier alpha value is -1.75. The number of aliphatic carboxylic acids is 1. The van der Waals surface area contributed by atoms with Crippen LogP contribution in [0.25, 0.3) is 0 Å². The molecule has 1 atom stereocenters. The van der Waals surface area contributed by atoms with Crippen molar-refractivity contribution < 1.29 is 14.7 Å². The summed E-state index contributed by atoms with van der Waals surface area (Å²) in [5, 5.41) is 9.56. The van der Waals surface area contributed by atoms with Crippen LogP contribution in [0.1, 0.15) is 32.4 Å². The maximum Gasteiger partial charge on any atom is 0.323 e. The molecule has 0 aliphatic carbocycles. The normalized spacial score (nSPS) is 12.1. The van der Waals surface area contributed by atoms with Gasteiger partial charge in [0.25, 0.3) is 0 Å². The molecule has 1 unspecified atom stereocenters. The molecule has 0 saturated carbocycles. The third-order valence-electron chi connectivity index (χ3n) is 3.41. The van der Waals surface area contributed by atoms with Crippen LogP contribution in [-0.2, 0) is 4.79 Å². The summed E-state index contributed by atoms with van der Waals surface area (Å²) in [5.74, 6) is -1.02. The summed E-state index contributed by atoms with van der Waals surface area (Å²) in [6, 6.07) is 6.57. The van der Waals surface area contributed by atoms with E-state index in [4.69, 9.17) is 16.7 Å². The van der Waals surface area contributed by atoms with E-state index in [9.17, 15) is 9.59 Å². The lowest BCUT2D eigenvalue weighted by molar-refractivity contribution is -0.138. The van der Waals surface area contributed by atoms with E-state index in [1.165, 1.54) is 9.80 Å². The smallest absolute Gasteiger partial charge is 0.323 e. The molecule has 6 heteroatoms. The lowest BCUT2D eigenvalue weighted by atomic mass is 10.1. The minimum atomic E-state index is -1.02. The van der Waals surface area contributed by atoms with Crippen LogP contribution in [0, 0.1) is 0 Å². The van der Waals surface area contributed by atoms with Crippen molar-refractivity contribution in [1.82, 2.24) is 9.80 Å². The van der Waals surface area contributed by atoms with E-state index < -0.39 is 5.97 Å². The molecule has 0 heterocycles. The highest BCUT2D eigenvalue weighted by Crippen LogP contribution is 2.22. The van der Waals surface area contributed by atoms with Gasteiger partial charge < -0.3 is 14.9 Å². The number of carbonyl (C=O) groups is 2. The highest BCUT2D eigenvalue weighted by molar-refractivity contribution is 6.30. The number of carbonyl (C=O) groups excluding carboxylic acids is 1. The molecule has 116 valence electrons. The van der Waals surface area contributed by atoms with Crippen molar-refractivity contribution >= 4 is 23.6 Å². The zero-order chi connectivity index (χ0) is 16.2. The maximum absolute atomic E-state index is 12.5. The van der Waals surface area contributed by atoms with Crippen LogP contribution in [0.15, 0.2) is 24.3 Å². The van der Waals surface area contributed by atoms with Gasteiger partial charge in [0.15, 0.2) is 0 Å². The van der Waals surface area contributed by atoms with E-state index in [2.05, 4.69) is 0 Å². The number of urea groups is 1. The van der Waals surface area contributed by atoms with Gasteiger partial charge in [-0.05, 0) is 38.5 Å². The Morgan fingerprint density at radius 3 is 2.14 bits per heavy atom. The van der Waals surface area contributed by atoms with Gasteiger partial charge in [0.1, 0.15) is 6.54 Å². The predicted octanol–water partition coefficient (Wildman–Crippen LogP) is 3.25. The molecule has 0 spiro atoms. The van der Waals surface area contributed by atoms with Crippen LogP contribution >= 0.6 is 11.6 Å². The fraction of sp³-hybridized carbons (Fsp3) is 0.467. The molecule has 1 aromatic carbocycles. The Bertz CT molecular complexity index is 502.